The van der Waals surface area contributed by atoms with Gasteiger partial charge in [0.2, 0.25) is 11.8 Å². The lowest BCUT2D eigenvalue weighted by Crippen LogP contribution is -2.51. The highest BCUT2D eigenvalue weighted by Crippen LogP contribution is 2.32. The molecular formula is C19H24N4O2. The highest BCUT2D eigenvalue weighted by Gasteiger charge is 2.32. The summed E-state index contributed by atoms with van der Waals surface area (Å²) in [6, 6.07) is 4.89. The van der Waals surface area contributed by atoms with E-state index in [4.69, 9.17) is 9.47 Å². The van der Waals surface area contributed by atoms with E-state index in [1.54, 1.807) is 6.20 Å². The Bertz CT molecular complexity index is 740. The maximum Gasteiger partial charge on any atom is 0.229 e. The molecule has 2 fully saturated rings. The molecule has 2 aliphatic heterocycles. The van der Waals surface area contributed by atoms with Crippen molar-refractivity contribution in [1.29, 1.82) is 0 Å². The smallest absolute Gasteiger partial charge is 0.229 e. The number of fused-ring (bicyclic) bond motifs is 2. The first-order chi connectivity index (χ1) is 12.2. The number of ether oxygens (including phenoxy) is 2. The van der Waals surface area contributed by atoms with E-state index in [0.717, 1.165) is 24.1 Å². The molecule has 2 saturated heterocycles. The molecule has 6 nitrogen and oxygen atoms in total. The fourth-order valence-corrected chi connectivity index (χ4v) is 3.79. The Hall–Kier alpha value is -2.21. The van der Waals surface area contributed by atoms with Crippen molar-refractivity contribution in [1.82, 2.24) is 20.3 Å². The Balaban J connectivity index is 1.50. The zero-order valence-corrected chi connectivity index (χ0v) is 14.7. The zero-order valence-electron chi connectivity index (χ0n) is 14.7. The van der Waals surface area contributed by atoms with Gasteiger partial charge in [-0.05, 0) is 51.7 Å². The van der Waals surface area contributed by atoms with Crippen molar-refractivity contribution in [2.75, 3.05) is 0 Å². The second-order valence-corrected chi connectivity index (χ2v) is 7.00. The molecule has 2 aromatic heterocycles. The summed E-state index contributed by atoms with van der Waals surface area (Å²) in [5.41, 5.74) is 1.66. The first kappa shape index (κ1) is 16.3. The second kappa shape index (κ2) is 6.96. The summed E-state index contributed by atoms with van der Waals surface area (Å²) in [6.07, 6.45) is 9.35. The summed E-state index contributed by atoms with van der Waals surface area (Å²) < 4.78 is 12.2. The van der Waals surface area contributed by atoms with Crippen molar-refractivity contribution >= 4 is 0 Å². The zero-order chi connectivity index (χ0) is 17.2. The summed E-state index contributed by atoms with van der Waals surface area (Å²) in [6.45, 7) is 3.86. The fourth-order valence-electron chi connectivity index (χ4n) is 3.79. The number of aryl methyl sites for hydroxylation is 1. The van der Waals surface area contributed by atoms with E-state index < -0.39 is 0 Å². The first-order valence-corrected chi connectivity index (χ1v) is 9.03. The van der Waals surface area contributed by atoms with Gasteiger partial charge in [-0.2, -0.15) is 0 Å². The van der Waals surface area contributed by atoms with Crippen LogP contribution in [-0.2, 0) is 0 Å². The van der Waals surface area contributed by atoms with Crippen LogP contribution in [0, 0.1) is 13.8 Å². The average molecular weight is 340 g/mol. The van der Waals surface area contributed by atoms with Crippen molar-refractivity contribution in [3.63, 3.8) is 0 Å². The summed E-state index contributed by atoms with van der Waals surface area (Å²) in [7, 11) is 0. The molecule has 25 heavy (non-hydrogen) atoms. The Morgan fingerprint density at radius 1 is 1.04 bits per heavy atom. The van der Waals surface area contributed by atoms with Gasteiger partial charge in [0.25, 0.3) is 0 Å². The molecule has 0 aromatic carbocycles. The lowest BCUT2D eigenvalue weighted by Gasteiger charge is -2.40. The normalized spacial score (nSPS) is 25.4. The number of rotatable bonds is 4. The van der Waals surface area contributed by atoms with Gasteiger partial charge in [0.05, 0.1) is 11.3 Å². The fraction of sp³-hybridized carbons (Fsp3) is 0.526. The highest BCUT2D eigenvalue weighted by atomic mass is 16.5. The minimum absolute atomic E-state index is 0.207. The Kier molecular flexibility index (Phi) is 4.53. The standard InChI is InChI=1S/C19H24N4O2/c1-12-18(24-16-9-14-5-3-6-15(10-16)23-14)21-11-22-19(12)25-17-7-4-8-20-13(17)2/h4,7-8,11,14-16,23H,3,5-6,9-10H2,1-2H3. The van der Waals surface area contributed by atoms with Crippen LogP contribution in [0.15, 0.2) is 24.7 Å². The molecule has 2 aliphatic rings. The largest absolute Gasteiger partial charge is 0.474 e. The second-order valence-electron chi connectivity index (χ2n) is 7.00. The van der Waals surface area contributed by atoms with Crippen molar-refractivity contribution in [2.24, 2.45) is 0 Å². The number of piperidine rings is 2. The average Bonchev–Trinajstić information content (AvgIpc) is 2.60. The van der Waals surface area contributed by atoms with Crippen LogP contribution in [0.2, 0.25) is 0 Å². The van der Waals surface area contributed by atoms with Crippen molar-refractivity contribution in [3.8, 4) is 17.5 Å². The van der Waals surface area contributed by atoms with E-state index in [1.807, 2.05) is 26.0 Å². The van der Waals surface area contributed by atoms with Crippen LogP contribution in [0.4, 0.5) is 0 Å². The number of nitrogens with zero attached hydrogens (tertiary/aromatic N) is 3. The summed E-state index contributed by atoms with van der Waals surface area (Å²) in [5.74, 6) is 1.85. The Labute approximate surface area is 148 Å². The number of pyridine rings is 1. The maximum absolute atomic E-state index is 6.24. The van der Waals surface area contributed by atoms with Crippen LogP contribution in [-0.4, -0.2) is 33.1 Å². The van der Waals surface area contributed by atoms with Crippen LogP contribution in [0.1, 0.15) is 43.4 Å². The topological polar surface area (TPSA) is 69.2 Å². The van der Waals surface area contributed by atoms with Gasteiger partial charge in [-0.25, -0.2) is 9.97 Å². The van der Waals surface area contributed by atoms with Gasteiger partial charge in [-0.1, -0.05) is 6.42 Å². The quantitative estimate of drug-likeness (QED) is 0.921. The molecule has 0 aliphatic carbocycles. The maximum atomic E-state index is 6.24. The summed E-state index contributed by atoms with van der Waals surface area (Å²) >= 11 is 0. The monoisotopic (exact) mass is 340 g/mol. The molecule has 2 bridgehead atoms. The number of hydrogen-bond donors (Lipinski definition) is 1. The lowest BCUT2D eigenvalue weighted by atomic mass is 9.85. The number of nitrogens with one attached hydrogen (secondary N) is 1. The van der Waals surface area contributed by atoms with E-state index in [2.05, 4.69) is 20.3 Å². The molecule has 2 unspecified atom stereocenters. The van der Waals surface area contributed by atoms with E-state index in [-0.39, 0.29) is 6.10 Å². The van der Waals surface area contributed by atoms with Crippen molar-refractivity contribution < 1.29 is 9.47 Å². The third-order valence-corrected chi connectivity index (χ3v) is 5.11. The lowest BCUT2D eigenvalue weighted by molar-refractivity contribution is 0.0879. The number of aromatic nitrogens is 3. The first-order valence-electron chi connectivity index (χ1n) is 9.03. The molecule has 4 rings (SSSR count). The third-order valence-electron chi connectivity index (χ3n) is 5.11. The van der Waals surface area contributed by atoms with Gasteiger partial charge in [0.15, 0.2) is 5.75 Å². The van der Waals surface area contributed by atoms with Crippen molar-refractivity contribution in [2.45, 2.75) is 64.1 Å². The number of hydrogen-bond acceptors (Lipinski definition) is 6. The van der Waals surface area contributed by atoms with E-state index in [1.165, 1.54) is 25.6 Å². The molecule has 0 saturated carbocycles. The van der Waals surface area contributed by atoms with Crippen LogP contribution in [0.5, 0.6) is 17.5 Å². The van der Waals surface area contributed by atoms with Crippen LogP contribution in [0.3, 0.4) is 0 Å². The Morgan fingerprint density at radius 2 is 1.80 bits per heavy atom. The van der Waals surface area contributed by atoms with Gasteiger partial charge in [0, 0.05) is 18.3 Å². The molecule has 0 amide bonds. The molecule has 132 valence electrons. The van der Waals surface area contributed by atoms with Gasteiger partial charge < -0.3 is 14.8 Å². The molecule has 0 spiro atoms. The molecule has 0 radical (unpaired) electrons. The Morgan fingerprint density at radius 3 is 2.56 bits per heavy atom. The molecule has 2 atom stereocenters. The van der Waals surface area contributed by atoms with Crippen LogP contribution >= 0.6 is 0 Å². The van der Waals surface area contributed by atoms with Gasteiger partial charge >= 0.3 is 0 Å². The predicted molar refractivity (Wildman–Crippen MR) is 94.0 cm³/mol. The van der Waals surface area contributed by atoms with Crippen molar-refractivity contribution in [3.05, 3.63) is 35.9 Å². The van der Waals surface area contributed by atoms with Crippen LogP contribution < -0.4 is 14.8 Å². The van der Waals surface area contributed by atoms with E-state index in [9.17, 15) is 0 Å². The van der Waals surface area contributed by atoms with Gasteiger partial charge in [0.1, 0.15) is 12.4 Å². The predicted octanol–water partition coefficient (Wildman–Crippen LogP) is 3.33. The molecule has 4 heterocycles. The molecule has 1 N–H and O–H groups in total. The van der Waals surface area contributed by atoms with Crippen LogP contribution in [0.25, 0.3) is 0 Å². The minimum atomic E-state index is 0.207. The minimum Gasteiger partial charge on any atom is -0.474 e. The van der Waals surface area contributed by atoms with Gasteiger partial charge in [-0.15, -0.1) is 0 Å². The molecular weight excluding hydrogens is 316 g/mol. The highest BCUT2D eigenvalue weighted by molar-refractivity contribution is 5.37. The molecule has 2 aromatic rings. The summed E-state index contributed by atoms with van der Waals surface area (Å²) in [5, 5.41) is 3.69. The van der Waals surface area contributed by atoms with Gasteiger partial charge in [-0.3, -0.25) is 4.98 Å². The third kappa shape index (κ3) is 3.58. The summed E-state index contributed by atoms with van der Waals surface area (Å²) in [4.78, 5) is 12.9. The van der Waals surface area contributed by atoms with E-state index >= 15 is 0 Å². The molecule has 6 heteroatoms. The SMILES string of the molecule is Cc1ncccc1Oc1ncnc(OC2CC3CCCC(C2)N3)c1C. The van der Waals surface area contributed by atoms with E-state index in [0.29, 0.717) is 29.6 Å².